The summed E-state index contributed by atoms with van der Waals surface area (Å²) in [7, 11) is 0. The van der Waals surface area contributed by atoms with Crippen molar-refractivity contribution >= 4 is 45.0 Å². The molecule has 8 aromatic rings. The van der Waals surface area contributed by atoms with E-state index >= 15 is 4.39 Å². The van der Waals surface area contributed by atoms with Gasteiger partial charge in [-0.15, -0.1) is 0 Å². The van der Waals surface area contributed by atoms with Crippen LogP contribution in [0.2, 0.25) is 5.02 Å². The average molecular weight is 679 g/mol. The molecule has 8 rings (SSSR count). The molecule has 0 saturated heterocycles. The molecule has 4 heterocycles. The van der Waals surface area contributed by atoms with E-state index in [1.54, 1.807) is 36.7 Å². The van der Waals surface area contributed by atoms with Gasteiger partial charge in [-0.2, -0.15) is 0 Å². The summed E-state index contributed by atoms with van der Waals surface area (Å²) in [5, 5.41) is 1.23. The van der Waals surface area contributed by atoms with Gasteiger partial charge in [0.15, 0.2) is 0 Å². The Morgan fingerprint density at radius 3 is 1.70 bits per heavy atom. The summed E-state index contributed by atoms with van der Waals surface area (Å²) >= 11 is 6.15. The topological polar surface area (TPSA) is 129 Å². The molecule has 0 aliphatic carbocycles. The molecule has 0 spiro atoms. The molecule has 50 heavy (non-hydrogen) atoms. The van der Waals surface area contributed by atoms with Gasteiger partial charge in [-0.3, -0.25) is 9.97 Å². The first-order valence-electron chi connectivity index (χ1n) is 15.5. The first-order chi connectivity index (χ1) is 24.3. The number of hydrogen-bond donors (Lipinski definition) is 2. The zero-order valence-corrected chi connectivity index (χ0v) is 27.1. The predicted octanol–water partition coefficient (Wildman–Crippen LogP) is 9.10. The molecule has 0 aliphatic rings. The molecule has 0 bridgehead atoms. The van der Waals surface area contributed by atoms with E-state index in [1.165, 1.54) is 30.9 Å². The lowest BCUT2D eigenvalue weighted by molar-refractivity contribution is 0.628. The fourth-order valence-electron chi connectivity index (χ4n) is 6.33. The number of hydrogen-bond acceptors (Lipinski definition) is 8. The first-order valence-corrected chi connectivity index (χ1v) is 15.9. The Hall–Kier alpha value is -6.39. The first kappa shape index (κ1) is 30.9. The van der Waals surface area contributed by atoms with Gasteiger partial charge in [-0.25, -0.2) is 28.7 Å². The van der Waals surface area contributed by atoms with Gasteiger partial charge in [0.25, 0.3) is 0 Å². The number of rotatable bonds is 5. The summed E-state index contributed by atoms with van der Waals surface area (Å²) < 4.78 is 30.1. The molecule has 0 fully saturated rings. The summed E-state index contributed by atoms with van der Waals surface area (Å²) in [5.74, 6) is -0.398. The highest BCUT2D eigenvalue weighted by Crippen LogP contribution is 2.41. The number of anilines is 2. The Morgan fingerprint density at radius 1 is 0.520 bits per heavy atom. The van der Waals surface area contributed by atoms with Gasteiger partial charge in [0.1, 0.15) is 35.9 Å². The van der Waals surface area contributed by atoms with Crippen LogP contribution < -0.4 is 11.5 Å². The molecule has 4 aromatic carbocycles. The van der Waals surface area contributed by atoms with Crippen LogP contribution in [-0.4, -0.2) is 29.9 Å². The van der Waals surface area contributed by atoms with E-state index < -0.39 is 11.6 Å². The van der Waals surface area contributed by atoms with Crippen molar-refractivity contribution in [1.29, 1.82) is 0 Å². The van der Waals surface area contributed by atoms with Crippen LogP contribution in [0.4, 0.5) is 20.4 Å². The van der Waals surface area contributed by atoms with E-state index in [0.717, 1.165) is 27.6 Å². The normalized spacial score (nSPS) is 11.4. The minimum Gasteiger partial charge on any atom is -0.383 e. The summed E-state index contributed by atoms with van der Waals surface area (Å²) in [6.45, 7) is 1.97. The Morgan fingerprint density at radius 2 is 1.06 bits per heavy atom. The fourth-order valence-corrected chi connectivity index (χ4v) is 6.51. The van der Waals surface area contributed by atoms with Gasteiger partial charge in [0.2, 0.25) is 0 Å². The third-order valence-corrected chi connectivity index (χ3v) is 8.98. The predicted molar refractivity (Wildman–Crippen MR) is 194 cm³/mol. The number of fused-ring (bicyclic) bond motifs is 2. The summed E-state index contributed by atoms with van der Waals surface area (Å²) in [4.78, 5) is 26.7. The van der Waals surface area contributed by atoms with E-state index in [1.807, 2.05) is 49.4 Å². The molecular weight excluding hydrogens is 654 g/mol. The standard InChI is InChI=1S/C39H25ClF2N8/c1-20-12-23(15-29-34(20)47-18-49-38(29)43)25-4-2-10-45-35(25)21-6-8-32(41)27(13-21)28-14-24(16-30-37(28)48-19-50-39(30)44)26-5-3-11-46-36(26)22-7-9-33(42)31(40)17-22/h2-19H,1H3,(H2,43,47,49)(H2,44,48,50). The molecule has 8 nitrogen and oxygen atoms in total. The van der Waals surface area contributed by atoms with E-state index in [-0.39, 0.29) is 16.4 Å². The van der Waals surface area contributed by atoms with Crippen molar-refractivity contribution in [2.24, 2.45) is 0 Å². The van der Waals surface area contributed by atoms with Crippen molar-refractivity contribution in [3.05, 3.63) is 132 Å². The molecule has 0 unspecified atom stereocenters. The van der Waals surface area contributed by atoms with E-state index in [4.69, 9.17) is 28.1 Å². The molecule has 11 heteroatoms. The van der Waals surface area contributed by atoms with E-state index in [9.17, 15) is 4.39 Å². The third kappa shape index (κ3) is 5.32. The van der Waals surface area contributed by atoms with Crippen LogP contribution in [0.5, 0.6) is 0 Å². The number of nitrogens with two attached hydrogens (primary N) is 2. The second-order valence-electron chi connectivity index (χ2n) is 11.7. The van der Waals surface area contributed by atoms with Crippen molar-refractivity contribution in [1.82, 2.24) is 29.9 Å². The van der Waals surface area contributed by atoms with Gasteiger partial charge in [0, 0.05) is 56.5 Å². The summed E-state index contributed by atoms with van der Waals surface area (Å²) in [6.07, 6.45) is 6.14. The van der Waals surface area contributed by atoms with Crippen molar-refractivity contribution in [3.8, 4) is 55.9 Å². The molecular formula is C39H25ClF2N8. The van der Waals surface area contributed by atoms with Crippen molar-refractivity contribution in [3.63, 3.8) is 0 Å². The number of halogens is 3. The minimum atomic E-state index is -0.536. The fraction of sp³-hybridized carbons (Fsp3) is 0.0256. The second-order valence-corrected chi connectivity index (χ2v) is 12.2. The maximum atomic E-state index is 16.1. The quantitative estimate of drug-likeness (QED) is 0.184. The Balaban J connectivity index is 1.33. The van der Waals surface area contributed by atoms with E-state index in [0.29, 0.717) is 55.9 Å². The number of benzene rings is 4. The van der Waals surface area contributed by atoms with E-state index in [2.05, 4.69) is 24.9 Å². The molecule has 0 aliphatic heterocycles. The number of nitrogens with zero attached hydrogens (tertiary/aromatic N) is 6. The summed E-state index contributed by atoms with van der Waals surface area (Å²) in [6, 6.07) is 24.4. The molecule has 242 valence electrons. The highest BCUT2D eigenvalue weighted by Gasteiger charge is 2.20. The van der Waals surface area contributed by atoms with Gasteiger partial charge in [-0.1, -0.05) is 23.7 Å². The Labute approximate surface area is 289 Å². The highest BCUT2D eigenvalue weighted by atomic mass is 35.5. The van der Waals surface area contributed by atoms with Gasteiger partial charge < -0.3 is 11.5 Å². The van der Waals surface area contributed by atoms with Crippen LogP contribution in [-0.2, 0) is 0 Å². The van der Waals surface area contributed by atoms with Gasteiger partial charge in [0.05, 0.1) is 27.4 Å². The van der Waals surface area contributed by atoms with Crippen molar-refractivity contribution in [2.45, 2.75) is 6.92 Å². The monoisotopic (exact) mass is 678 g/mol. The molecule has 0 amide bonds. The average Bonchev–Trinajstić information content (AvgIpc) is 3.13. The third-order valence-electron chi connectivity index (χ3n) is 8.69. The van der Waals surface area contributed by atoms with Crippen molar-refractivity contribution in [2.75, 3.05) is 11.5 Å². The Bertz CT molecular complexity index is 2650. The largest absolute Gasteiger partial charge is 0.383 e. The zero-order chi connectivity index (χ0) is 34.5. The lowest BCUT2D eigenvalue weighted by Gasteiger charge is -2.16. The Kier molecular flexibility index (Phi) is 7.57. The maximum Gasteiger partial charge on any atom is 0.141 e. The van der Waals surface area contributed by atoms with Crippen LogP contribution in [0.1, 0.15) is 5.56 Å². The highest BCUT2D eigenvalue weighted by molar-refractivity contribution is 6.31. The molecule has 4 N–H and O–H groups in total. The lowest BCUT2D eigenvalue weighted by Crippen LogP contribution is -1.98. The van der Waals surface area contributed by atoms with Crippen molar-refractivity contribution < 1.29 is 8.78 Å². The van der Waals surface area contributed by atoms with Crippen LogP contribution in [0.25, 0.3) is 77.7 Å². The molecule has 0 radical (unpaired) electrons. The van der Waals surface area contributed by atoms with Gasteiger partial charge in [-0.05, 0) is 96.4 Å². The number of aryl methyl sites for hydroxylation is 1. The zero-order valence-electron chi connectivity index (χ0n) is 26.4. The second kappa shape index (κ2) is 12.2. The summed E-state index contributed by atoms with van der Waals surface area (Å²) in [5.41, 5.74) is 21.1. The SMILES string of the molecule is Cc1cc(-c2cccnc2-c2ccc(F)c(-c3cc(-c4cccnc4-c4ccc(F)c(Cl)c4)cc4c(N)ncnc34)c2)cc2c(N)ncnc12. The smallest absolute Gasteiger partial charge is 0.141 e. The minimum absolute atomic E-state index is 0.0284. The number of aromatic nitrogens is 6. The maximum absolute atomic E-state index is 16.1. The van der Waals surface area contributed by atoms with Crippen LogP contribution in [0.15, 0.2) is 110 Å². The van der Waals surface area contributed by atoms with Crippen LogP contribution >= 0.6 is 11.6 Å². The van der Waals surface area contributed by atoms with Crippen LogP contribution in [0, 0.1) is 18.6 Å². The number of pyridine rings is 2. The molecule has 0 saturated carbocycles. The molecule has 4 aromatic heterocycles. The van der Waals surface area contributed by atoms with Crippen LogP contribution in [0.3, 0.4) is 0 Å². The van der Waals surface area contributed by atoms with Gasteiger partial charge >= 0.3 is 0 Å². The number of nitrogen functional groups attached to an aromatic ring is 2. The molecule has 0 atom stereocenters. The lowest BCUT2D eigenvalue weighted by atomic mass is 9.91.